The van der Waals surface area contributed by atoms with Crippen LogP contribution < -0.4 is 11.1 Å². The minimum atomic E-state index is -4.43. The lowest BCUT2D eigenvalue weighted by atomic mass is 10.1. The van der Waals surface area contributed by atoms with E-state index in [2.05, 4.69) is 5.32 Å². The van der Waals surface area contributed by atoms with Gasteiger partial charge in [-0.1, -0.05) is 0 Å². The number of oxazole rings is 1. The lowest BCUT2D eigenvalue weighted by Gasteiger charge is -2.09. The molecule has 0 atom stereocenters. The minimum Gasteiger partial charge on any atom is -0.408 e. The summed E-state index contributed by atoms with van der Waals surface area (Å²) in [4.78, 5) is 23.6. The second-order valence-corrected chi connectivity index (χ2v) is 5.14. The van der Waals surface area contributed by atoms with Gasteiger partial charge in [0.2, 0.25) is 0 Å². The van der Waals surface area contributed by atoms with E-state index in [4.69, 9.17) is 4.42 Å². The third-order valence-electron chi connectivity index (χ3n) is 3.52. The number of fused-ring (bicyclic) bond motifs is 1. The molecule has 0 aliphatic rings. The number of hydrogen-bond acceptors (Lipinski definition) is 3. The quantitative estimate of drug-likeness (QED) is 0.780. The number of anilines is 1. The minimum absolute atomic E-state index is 0.231. The van der Waals surface area contributed by atoms with E-state index in [0.29, 0.717) is 11.1 Å². The summed E-state index contributed by atoms with van der Waals surface area (Å²) in [5.41, 5.74) is 0.469. The first-order valence-electron chi connectivity index (χ1n) is 6.84. The Hall–Kier alpha value is -3.03. The summed E-state index contributed by atoms with van der Waals surface area (Å²) in [6.45, 7) is 0. The number of benzene rings is 2. The topological polar surface area (TPSA) is 64.2 Å². The average molecular weight is 336 g/mol. The molecule has 3 aromatic rings. The van der Waals surface area contributed by atoms with Crippen LogP contribution in [0.3, 0.4) is 0 Å². The van der Waals surface area contributed by atoms with E-state index in [0.717, 1.165) is 12.1 Å². The predicted octanol–water partition coefficient (Wildman–Crippen LogP) is 3.40. The van der Waals surface area contributed by atoms with Crippen molar-refractivity contribution in [2.45, 2.75) is 6.18 Å². The van der Waals surface area contributed by atoms with Crippen molar-refractivity contribution in [2.24, 2.45) is 7.05 Å². The number of hydrogen-bond donors (Lipinski definition) is 1. The molecule has 1 aromatic heterocycles. The zero-order chi connectivity index (χ0) is 17.5. The molecule has 0 fully saturated rings. The van der Waals surface area contributed by atoms with Crippen molar-refractivity contribution >= 4 is 22.7 Å². The van der Waals surface area contributed by atoms with Gasteiger partial charge in [-0.2, -0.15) is 13.2 Å². The van der Waals surface area contributed by atoms with Crippen LogP contribution in [0.1, 0.15) is 15.9 Å². The molecule has 5 nitrogen and oxygen atoms in total. The molecular formula is C16H11F3N2O3. The molecule has 24 heavy (non-hydrogen) atoms. The van der Waals surface area contributed by atoms with Crippen LogP contribution in [-0.2, 0) is 13.2 Å². The van der Waals surface area contributed by atoms with Crippen molar-refractivity contribution in [1.29, 1.82) is 0 Å². The number of halogens is 3. The fourth-order valence-electron chi connectivity index (χ4n) is 2.21. The monoisotopic (exact) mass is 336 g/mol. The van der Waals surface area contributed by atoms with Gasteiger partial charge < -0.3 is 9.73 Å². The molecule has 2 aromatic carbocycles. The van der Waals surface area contributed by atoms with Gasteiger partial charge in [0.25, 0.3) is 5.91 Å². The van der Waals surface area contributed by atoms with Gasteiger partial charge in [-0.3, -0.25) is 9.36 Å². The van der Waals surface area contributed by atoms with E-state index in [9.17, 15) is 22.8 Å². The highest BCUT2D eigenvalue weighted by molar-refractivity contribution is 6.05. The summed E-state index contributed by atoms with van der Waals surface area (Å²) >= 11 is 0. The third kappa shape index (κ3) is 2.90. The molecule has 0 bridgehead atoms. The highest BCUT2D eigenvalue weighted by Gasteiger charge is 2.30. The standard InChI is InChI=1S/C16H11F3N2O3/c1-21-12-8-9(2-7-13(12)24-15(21)23)14(22)20-11-5-3-10(4-6-11)16(17,18)19/h2-8H,1H3,(H,20,22). The Labute approximate surface area is 133 Å². The molecule has 1 heterocycles. The number of nitrogens with zero attached hydrogens (tertiary/aromatic N) is 1. The number of carbonyl (C=O) groups is 1. The van der Waals surface area contributed by atoms with Gasteiger partial charge in [0.1, 0.15) is 0 Å². The van der Waals surface area contributed by atoms with Crippen molar-refractivity contribution in [1.82, 2.24) is 4.57 Å². The zero-order valence-electron chi connectivity index (χ0n) is 12.3. The predicted molar refractivity (Wildman–Crippen MR) is 80.9 cm³/mol. The van der Waals surface area contributed by atoms with Crippen molar-refractivity contribution in [3.8, 4) is 0 Å². The molecule has 0 spiro atoms. The third-order valence-corrected chi connectivity index (χ3v) is 3.52. The van der Waals surface area contributed by atoms with Crippen LogP contribution in [0.15, 0.2) is 51.7 Å². The van der Waals surface area contributed by atoms with E-state index < -0.39 is 23.4 Å². The van der Waals surface area contributed by atoms with Crippen LogP contribution in [0.5, 0.6) is 0 Å². The van der Waals surface area contributed by atoms with E-state index >= 15 is 0 Å². The van der Waals surface area contributed by atoms with Crippen LogP contribution in [-0.4, -0.2) is 10.5 Å². The maximum atomic E-state index is 12.5. The Morgan fingerprint density at radius 1 is 1.12 bits per heavy atom. The Kier molecular flexibility index (Phi) is 3.67. The van der Waals surface area contributed by atoms with Crippen LogP contribution in [0.4, 0.5) is 18.9 Å². The molecule has 0 unspecified atom stereocenters. The highest BCUT2D eigenvalue weighted by atomic mass is 19.4. The Balaban J connectivity index is 1.84. The second-order valence-electron chi connectivity index (χ2n) is 5.14. The van der Waals surface area contributed by atoms with E-state index in [1.807, 2.05) is 0 Å². The Morgan fingerprint density at radius 2 is 1.79 bits per heavy atom. The molecule has 0 saturated carbocycles. The average Bonchev–Trinajstić information content (AvgIpc) is 2.81. The SMILES string of the molecule is Cn1c(=O)oc2ccc(C(=O)Nc3ccc(C(F)(F)F)cc3)cc21. The van der Waals surface area contributed by atoms with Crippen molar-refractivity contribution in [3.05, 3.63) is 64.1 Å². The fourth-order valence-corrected chi connectivity index (χ4v) is 2.21. The van der Waals surface area contributed by atoms with Gasteiger partial charge in [0.15, 0.2) is 5.58 Å². The van der Waals surface area contributed by atoms with E-state index in [1.165, 1.54) is 41.9 Å². The van der Waals surface area contributed by atoms with Crippen LogP contribution >= 0.6 is 0 Å². The lowest BCUT2D eigenvalue weighted by molar-refractivity contribution is -0.137. The summed E-state index contributed by atoms with van der Waals surface area (Å²) in [6, 6.07) is 8.54. The molecular weight excluding hydrogens is 325 g/mol. The zero-order valence-corrected chi connectivity index (χ0v) is 12.3. The van der Waals surface area contributed by atoms with Gasteiger partial charge in [-0.05, 0) is 42.5 Å². The van der Waals surface area contributed by atoms with Gasteiger partial charge in [0, 0.05) is 18.3 Å². The summed E-state index contributed by atoms with van der Waals surface area (Å²) in [7, 11) is 1.51. The first-order valence-corrected chi connectivity index (χ1v) is 6.84. The summed E-state index contributed by atoms with van der Waals surface area (Å²) in [5.74, 6) is -1.06. The number of aromatic nitrogens is 1. The number of aryl methyl sites for hydroxylation is 1. The van der Waals surface area contributed by atoms with Gasteiger partial charge in [-0.15, -0.1) is 0 Å². The molecule has 0 radical (unpaired) electrons. The van der Waals surface area contributed by atoms with Gasteiger partial charge >= 0.3 is 11.9 Å². The van der Waals surface area contributed by atoms with Crippen LogP contribution in [0.25, 0.3) is 11.1 Å². The normalized spacial score (nSPS) is 11.7. The van der Waals surface area contributed by atoms with Crippen molar-refractivity contribution < 1.29 is 22.4 Å². The summed E-state index contributed by atoms with van der Waals surface area (Å²) in [5, 5.41) is 2.50. The number of rotatable bonds is 2. The van der Waals surface area contributed by atoms with E-state index in [-0.39, 0.29) is 11.3 Å². The van der Waals surface area contributed by atoms with Crippen molar-refractivity contribution in [3.63, 3.8) is 0 Å². The van der Waals surface area contributed by atoms with Gasteiger partial charge in [-0.25, -0.2) is 4.79 Å². The first-order chi connectivity index (χ1) is 11.3. The Morgan fingerprint density at radius 3 is 2.42 bits per heavy atom. The molecule has 124 valence electrons. The Bertz CT molecular complexity index is 969. The van der Waals surface area contributed by atoms with Crippen LogP contribution in [0.2, 0.25) is 0 Å². The second kappa shape index (κ2) is 5.55. The molecule has 0 aliphatic heterocycles. The molecule has 3 rings (SSSR count). The molecule has 1 amide bonds. The van der Waals surface area contributed by atoms with Gasteiger partial charge in [0.05, 0.1) is 11.1 Å². The molecule has 1 N–H and O–H groups in total. The number of alkyl halides is 3. The summed E-state index contributed by atoms with van der Waals surface area (Å²) in [6.07, 6.45) is -4.43. The highest BCUT2D eigenvalue weighted by Crippen LogP contribution is 2.29. The number of carbonyl (C=O) groups excluding carboxylic acids is 1. The smallest absolute Gasteiger partial charge is 0.408 e. The number of amides is 1. The summed E-state index contributed by atoms with van der Waals surface area (Å²) < 4.78 is 43.8. The maximum Gasteiger partial charge on any atom is 0.419 e. The first kappa shape index (κ1) is 15.9. The fraction of sp³-hybridized carbons (Fsp3) is 0.125. The molecule has 0 saturated heterocycles. The number of nitrogens with one attached hydrogen (secondary N) is 1. The molecule has 8 heteroatoms. The molecule has 0 aliphatic carbocycles. The maximum absolute atomic E-state index is 12.5. The largest absolute Gasteiger partial charge is 0.419 e. The van der Waals surface area contributed by atoms with Crippen LogP contribution in [0, 0.1) is 0 Å². The van der Waals surface area contributed by atoms with Crippen molar-refractivity contribution in [2.75, 3.05) is 5.32 Å². The van der Waals surface area contributed by atoms with E-state index in [1.54, 1.807) is 0 Å². The lowest BCUT2D eigenvalue weighted by Crippen LogP contribution is -2.13.